The average Bonchev–Trinajstić information content (AvgIpc) is 2.38. The Morgan fingerprint density at radius 3 is 2.73 bits per heavy atom. The molecule has 0 spiro atoms. The minimum Gasteiger partial charge on any atom is -0.493 e. The highest BCUT2D eigenvalue weighted by Gasteiger charge is 2.19. The molecule has 0 saturated heterocycles. The van der Waals surface area contributed by atoms with Crippen LogP contribution in [-0.4, -0.2) is 15.0 Å². The molecule has 80 valence electrons. The van der Waals surface area contributed by atoms with Crippen molar-refractivity contribution in [1.82, 2.24) is 0 Å². The normalized spacial score (nSPS) is 15.9. The Labute approximate surface area is 87.4 Å². The summed E-state index contributed by atoms with van der Waals surface area (Å²) < 4.78 is 39.6. The van der Waals surface area contributed by atoms with E-state index < -0.39 is 10.2 Å². The molecule has 5 heteroatoms. The Morgan fingerprint density at radius 1 is 1.27 bits per heavy atom. The van der Waals surface area contributed by atoms with E-state index in [1.807, 2.05) is 0 Å². The van der Waals surface area contributed by atoms with Gasteiger partial charge < -0.3 is 4.74 Å². The monoisotopic (exact) mass is 228 g/mol. The smallest absolute Gasteiger partial charge is 0.328 e. The van der Waals surface area contributed by atoms with Gasteiger partial charge in [-0.3, -0.25) is 0 Å². The van der Waals surface area contributed by atoms with Gasteiger partial charge in [-0.15, -0.1) is 3.89 Å². The van der Waals surface area contributed by atoms with Crippen LogP contribution in [0.4, 0.5) is 3.89 Å². The van der Waals surface area contributed by atoms with Crippen LogP contribution < -0.4 is 4.74 Å². The van der Waals surface area contributed by atoms with Crippen LogP contribution in [0, 0.1) is 0 Å². The molecule has 0 saturated carbocycles. The highest BCUT2D eigenvalue weighted by molar-refractivity contribution is 7.90. The Kier molecular flexibility index (Phi) is 2.48. The zero-order valence-corrected chi connectivity index (χ0v) is 8.63. The van der Waals surface area contributed by atoms with Gasteiger partial charge in [-0.1, -0.05) is 18.2 Å². The summed E-state index contributed by atoms with van der Waals surface area (Å²) in [7, 11) is -4.61. The summed E-state index contributed by atoms with van der Waals surface area (Å²) in [6, 6.07) is 6.93. The first-order valence-electron chi connectivity index (χ1n) is 4.44. The molecule has 15 heavy (non-hydrogen) atoms. The molecule has 2 rings (SSSR count). The van der Waals surface area contributed by atoms with Crippen LogP contribution in [-0.2, 0) is 10.2 Å². The van der Waals surface area contributed by atoms with Crippen LogP contribution in [0.1, 0.15) is 12.0 Å². The lowest BCUT2D eigenvalue weighted by molar-refractivity contribution is 0.325. The van der Waals surface area contributed by atoms with Crippen molar-refractivity contribution in [2.75, 3.05) is 6.61 Å². The van der Waals surface area contributed by atoms with Crippen molar-refractivity contribution in [3.63, 3.8) is 0 Å². The van der Waals surface area contributed by atoms with Gasteiger partial charge in [0.05, 0.1) is 11.5 Å². The molecule has 0 aliphatic carbocycles. The second-order valence-corrected chi connectivity index (χ2v) is 4.58. The predicted octanol–water partition coefficient (Wildman–Crippen LogP) is 2.11. The topological polar surface area (TPSA) is 43.4 Å². The number of hydrogen-bond donors (Lipinski definition) is 0. The van der Waals surface area contributed by atoms with Crippen LogP contribution in [0.25, 0.3) is 6.08 Å². The molecular weight excluding hydrogens is 219 g/mol. The highest BCUT2D eigenvalue weighted by atomic mass is 32.3. The van der Waals surface area contributed by atoms with E-state index in [2.05, 4.69) is 0 Å². The number of hydrogen-bond acceptors (Lipinski definition) is 3. The molecule has 0 radical (unpaired) electrons. The van der Waals surface area contributed by atoms with Gasteiger partial charge in [-0.05, 0) is 12.1 Å². The molecule has 0 amide bonds. The van der Waals surface area contributed by atoms with Crippen LogP contribution >= 0.6 is 0 Å². The lowest BCUT2D eigenvalue weighted by Crippen LogP contribution is -2.01. The molecule has 0 fully saturated rings. The third-order valence-electron chi connectivity index (χ3n) is 2.15. The van der Waals surface area contributed by atoms with Crippen molar-refractivity contribution in [1.29, 1.82) is 0 Å². The lowest BCUT2D eigenvalue weighted by Gasteiger charge is -2.03. The number of halogens is 1. The van der Waals surface area contributed by atoms with Gasteiger partial charge in [-0.2, -0.15) is 8.42 Å². The maximum absolute atomic E-state index is 12.8. The minimum absolute atomic E-state index is 0.0630. The fourth-order valence-corrected chi connectivity index (χ4v) is 2.03. The third kappa shape index (κ3) is 2.18. The molecule has 0 atom stereocenters. The van der Waals surface area contributed by atoms with Crippen LogP contribution in [0.15, 0.2) is 29.2 Å². The van der Waals surface area contributed by atoms with E-state index in [4.69, 9.17) is 4.74 Å². The van der Waals surface area contributed by atoms with E-state index in [1.165, 1.54) is 6.08 Å². The van der Waals surface area contributed by atoms with Gasteiger partial charge in [0.2, 0.25) is 0 Å². The first-order chi connectivity index (χ1) is 7.07. The van der Waals surface area contributed by atoms with Crippen molar-refractivity contribution in [3.05, 3.63) is 34.7 Å². The quantitative estimate of drug-likeness (QED) is 0.691. The summed E-state index contributed by atoms with van der Waals surface area (Å²) in [5.74, 6) is 0.580. The number of rotatable bonds is 1. The van der Waals surface area contributed by atoms with Gasteiger partial charge in [0.25, 0.3) is 0 Å². The Balaban J connectivity index is 2.52. The van der Waals surface area contributed by atoms with Crippen molar-refractivity contribution >= 4 is 16.3 Å². The zero-order chi connectivity index (χ0) is 10.9. The lowest BCUT2D eigenvalue weighted by atomic mass is 10.2. The molecule has 1 aliphatic heterocycles. The summed E-state index contributed by atoms with van der Waals surface area (Å²) in [4.78, 5) is -0.229. The standard InChI is InChI=1S/C10H9FO3S/c11-15(12,13)9-5-6-14-10-4-2-1-3-8(10)7-9/h1-4,7H,5-6H2. The van der Waals surface area contributed by atoms with Crippen LogP contribution in [0.2, 0.25) is 0 Å². The Bertz CT molecular complexity index is 505. The maximum Gasteiger partial charge on any atom is 0.328 e. The number of ether oxygens (including phenoxy) is 1. The van der Waals surface area contributed by atoms with Crippen molar-refractivity contribution in [2.45, 2.75) is 6.42 Å². The van der Waals surface area contributed by atoms with Crippen LogP contribution in [0.3, 0.4) is 0 Å². The molecule has 1 heterocycles. The van der Waals surface area contributed by atoms with E-state index in [0.717, 1.165) is 0 Å². The number of para-hydroxylation sites is 1. The molecule has 1 aliphatic rings. The summed E-state index contributed by atoms with van der Waals surface area (Å²) in [6.45, 7) is 0.173. The van der Waals surface area contributed by atoms with E-state index in [0.29, 0.717) is 11.3 Å². The average molecular weight is 228 g/mol. The molecule has 3 nitrogen and oxygen atoms in total. The second kappa shape index (κ2) is 3.66. The van der Waals surface area contributed by atoms with Gasteiger partial charge in [-0.25, -0.2) is 0 Å². The summed E-state index contributed by atoms with van der Waals surface area (Å²) in [6.07, 6.45) is 1.38. The largest absolute Gasteiger partial charge is 0.493 e. The summed E-state index contributed by atoms with van der Waals surface area (Å²) in [5.41, 5.74) is 0.589. The fourth-order valence-electron chi connectivity index (χ4n) is 1.43. The first kappa shape index (κ1) is 10.2. The summed E-state index contributed by atoms with van der Waals surface area (Å²) in [5, 5.41) is 0. The maximum atomic E-state index is 12.8. The zero-order valence-electron chi connectivity index (χ0n) is 7.81. The van der Waals surface area contributed by atoms with Crippen molar-refractivity contribution < 1.29 is 17.0 Å². The fraction of sp³-hybridized carbons (Fsp3) is 0.200. The van der Waals surface area contributed by atoms with E-state index in [-0.39, 0.29) is 17.9 Å². The van der Waals surface area contributed by atoms with Crippen molar-refractivity contribution in [2.24, 2.45) is 0 Å². The Hall–Kier alpha value is -1.36. The Morgan fingerprint density at radius 2 is 2.00 bits per heavy atom. The molecule has 0 bridgehead atoms. The van der Waals surface area contributed by atoms with Gasteiger partial charge in [0.1, 0.15) is 5.75 Å². The number of fused-ring (bicyclic) bond motifs is 1. The first-order valence-corrected chi connectivity index (χ1v) is 5.83. The van der Waals surface area contributed by atoms with Gasteiger partial charge in [0.15, 0.2) is 0 Å². The number of benzene rings is 1. The van der Waals surface area contributed by atoms with E-state index in [9.17, 15) is 12.3 Å². The second-order valence-electron chi connectivity index (χ2n) is 3.18. The molecule has 0 unspecified atom stereocenters. The molecule has 0 aromatic heterocycles. The van der Waals surface area contributed by atoms with Crippen LogP contribution in [0.5, 0.6) is 5.75 Å². The van der Waals surface area contributed by atoms with E-state index in [1.54, 1.807) is 24.3 Å². The SMILES string of the molecule is O=S(=O)(F)C1=Cc2ccccc2OCC1. The molecule has 0 N–H and O–H groups in total. The van der Waals surface area contributed by atoms with Gasteiger partial charge >= 0.3 is 10.2 Å². The van der Waals surface area contributed by atoms with Crippen molar-refractivity contribution in [3.8, 4) is 5.75 Å². The van der Waals surface area contributed by atoms with E-state index >= 15 is 0 Å². The third-order valence-corrected chi connectivity index (χ3v) is 3.10. The molecule has 1 aromatic carbocycles. The minimum atomic E-state index is -4.61. The van der Waals surface area contributed by atoms with Gasteiger partial charge in [0, 0.05) is 12.0 Å². The predicted molar refractivity (Wildman–Crippen MR) is 54.6 cm³/mol. The highest BCUT2D eigenvalue weighted by Crippen LogP contribution is 2.27. The summed E-state index contributed by atoms with van der Waals surface area (Å²) >= 11 is 0. The molecule has 1 aromatic rings. The molecular formula is C10H9FO3S.